The second kappa shape index (κ2) is 12.0. The van der Waals surface area contributed by atoms with Crippen LogP contribution in [-0.2, 0) is 9.47 Å². The number of nitrogens with zero attached hydrogens (tertiary/aromatic N) is 2. The number of aliphatic imine (C=N–C) groups is 2. The van der Waals surface area contributed by atoms with Crippen molar-refractivity contribution in [1.29, 1.82) is 0 Å². The third kappa shape index (κ3) is 6.69. The smallest absolute Gasteiger partial charge is 0.216 e. The molecule has 2 fully saturated rings. The monoisotopic (exact) mass is 446 g/mol. The lowest BCUT2D eigenvalue weighted by Gasteiger charge is -2.32. The van der Waals surface area contributed by atoms with Gasteiger partial charge in [0.1, 0.15) is 0 Å². The number of hydrogen-bond acceptors (Lipinski definition) is 4. The lowest BCUT2D eigenvalue weighted by molar-refractivity contribution is 0.224. The van der Waals surface area contributed by atoms with Crippen molar-refractivity contribution in [1.82, 2.24) is 0 Å². The highest BCUT2D eigenvalue weighted by molar-refractivity contribution is 5.94. The zero-order chi connectivity index (χ0) is 22.9. The summed E-state index contributed by atoms with van der Waals surface area (Å²) in [5.41, 5.74) is 2.15. The topological polar surface area (TPSA) is 43.2 Å². The first kappa shape index (κ1) is 23.5. The first-order chi connectivity index (χ1) is 16.2. The minimum absolute atomic E-state index is 0.395. The van der Waals surface area contributed by atoms with Crippen LogP contribution in [0.1, 0.15) is 68.9 Å². The summed E-state index contributed by atoms with van der Waals surface area (Å²) in [6.07, 6.45) is 11.3. The molecule has 0 spiro atoms. The SMILES string of the molecule is COC(=NC1CCC(CC2CCC(N=C(OC)c3ccccc3)CC2)CC1)c1ccccc1. The molecular weight excluding hydrogens is 408 g/mol. The molecule has 2 aliphatic rings. The van der Waals surface area contributed by atoms with E-state index in [0.717, 1.165) is 34.8 Å². The third-order valence-electron chi connectivity index (χ3n) is 7.33. The molecule has 0 saturated heterocycles. The first-order valence-corrected chi connectivity index (χ1v) is 12.6. The number of rotatable bonds is 6. The van der Waals surface area contributed by atoms with Gasteiger partial charge in [-0.3, -0.25) is 0 Å². The number of hydrogen-bond donors (Lipinski definition) is 0. The summed E-state index contributed by atoms with van der Waals surface area (Å²) in [5.74, 6) is 3.26. The molecular formula is C29H38N2O2. The normalized spacial score (nSPS) is 26.6. The molecule has 2 saturated carbocycles. The minimum atomic E-state index is 0.395. The molecule has 0 bridgehead atoms. The summed E-state index contributed by atoms with van der Waals surface area (Å²) in [6.45, 7) is 0. The van der Waals surface area contributed by atoms with E-state index in [1.54, 1.807) is 14.2 Å². The standard InChI is InChI=1S/C29H38N2O2/c1-32-28(24-9-5-3-6-10-24)30-26-17-13-22(14-18-26)21-23-15-19-27(20-16-23)31-29(33-2)25-11-7-4-8-12-25/h3-12,22-23,26-27H,13-21H2,1-2H3. The van der Waals surface area contributed by atoms with Gasteiger partial charge >= 0.3 is 0 Å². The van der Waals surface area contributed by atoms with Crippen LogP contribution in [0.4, 0.5) is 0 Å². The molecule has 0 N–H and O–H groups in total. The van der Waals surface area contributed by atoms with E-state index in [-0.39, 0.29) is 0 Å². The van der Waals surface area contributed by atoms with Gasteiger partial charge in [-0.05, 0) is 93.9 Å². The maximum absolute atomic E-state index is 5.59. The zero-order valence-corrected chi connectivity index (χ0v) is 20.2. The van der Waals surface area contributed by atoms with Crippen LogP contribution in [0.15, 0.2) is 70.6 Å². The molecule has 0 aliphatic heterocycles. The van der Waals surface area contributed by atoms with Crippen molar-refractivity contribution >= 4 is 11.8 Å². The molecule has 0 amide bonds. The highest BCUT2D eigenvalue weighted by Gasteiger charge is 2.27. The summed E-state index contributed by atoms with van der Waals surface area (Å²) in [7, 11) is 3.46. The first-order valence-electron chi connectivity index (χ1n) is 12.6. The molecule has 0 heterocycles. The molecule has 2 aromatic rings. The average Bonchev–Trinajstić information content (AvgIpc) is 2.89. The van der Waals surface area contributed by atoms with E-state index in [2.05, 4.69) is 24.3 Å². The van der Waals surface area contributed by atoms with Gasteiger partial charge in [-0.15, -0.1) is 0 Å². The second-order valence-electron chi connectivity index (χ2n) is 9.59. The van der Waals surface area contributed by atoms with Crippen LogP contribution in [0.3, 0.4) is 0 Å². The fourth-order valence-corrected chi connectivity index (χ4v) is 5.47. The predicted molar refractivity (Wildman–Crippen MR) is 136 cm³/mol. The predicted octanol–water partition coefficient (Wildman–Crippen LogP) is 6.68. The van der Waals surface area contributed by atoms with Gasteiger partial charge in [-0.2, -0.15) is 0 Å². The van der Waals surface area contributed by atoms with E-state index in [1.165, 1.54) is 57.8 Å². The van der Waals surface area contributed by atoms with Crippen molar-refractivity contribution in [3.8, 4) is 0 Å². The highest BCUT2D eigenvalue weighted by atomic mass is 16.5. The van der Waals surface area contributed by atoms with Gasteiger partial charge in [0.15, 0.2) is 0 Å². The quantitative estimate of drug-likeness (QED) is 0.367. The Hall–Kier alpha value is -2.62. The van der Waals surface area contributed by atoms with Crippen LogP contribution in [0.25, 0.3) is 0 Å². The lowest BCUT2D eigenvalue weighted by atomic mass is 9.76. The Morgan fingerprint density at radius 2 is 0.970 bits per heavy atom. The number of methoxy groups -OCH3 is 2. The molecule has 4 nitrogen and oxygen atoms in total. The van der Waals surface area contributed by atoms with Crippen LogP contribution < -0.4 is 0 Å². The van der Waals surface area contributed by atoms with E-state index < -0.39 is 0 Å². The number of ether oxygens (including phenoxy) is 2. The molecule has 0 radical (unpaired) electrons. The molecule has 4 rings (SSSR count). The molecule has 4 heteroatoms. The van der Waals surface area contributed by atoms with Crippen molar-refractivity contribution in [3.05, 3.63) is 71.8 Å². The van der Waals surface area contributed by atoms with Gasteiger partial charge in [0.2, 0.25) is 11.8 Å². The Labute approximate surface area is 199 Å². The second-order valence-corrected chi connectivity index (χ2v) is 9.59. The van der Waals surface area contributed by atoms with E-state index in [1.807, 2.05) is 36.4 Å². The Bertz CT molecular complexity index is 818. The molecule has 176 valence electrons. The molecule has 0 unspecified atom stereocenters. The van der Waals surface area contributed by atoms with Crippen LogP contribution >= 0.6 is 0 Å². The number of benzene rings is 2. The average molecular weight is 447 g/mol. The van der Waals surface area contributed by atoms with Crippen molar-refractivity contribution in [2.24, 2.45) is 21.8 Å². The van der Waals surface area contributed by atoms with Crippen LogP contribution in [0.5, 0.6) is 0 Å². The zero-order valence-electron chi connectivity index (χ0n) is 20.2. The van der Waals surface area contributed by atoms with Gasteiger partial charge in [-0.25, -0.2) is 9.98 Å². The van der Waals surface area contributed by atoms with Gasteiger partial charge in [-0.1, -0.05) is 36.4 Å². The van der Waals surface area contributed by atoms with Crippen molar-refractivity contribution in [2.45, 2.75) is 69.9 Å². The van der Waals surface area contributed by atoms with Gasteiger partial charge in [0, 0.05) is 11.1 Å². The third-order valence-corrected chi connectivity index (χ3v) is 7.33. The fraction of sp³-hybridized carbons (Fsp3) is 0.517. The lowest BCUT2D eigenvalue weighted by Crippen LogP contribution is -2.24. The Kier molecular flexibility index (Phi) is 8.57. The van der Waals surface area contributed by atoms with Gasteiger partial charge in [0.05, 0.1) is 26.3 Å². The minimum Gasteiger partial charge on any atom is -0.481 e. The Morgan fingerprint density at radius 1 is 0.606 bits per heavy atom. The summed E-state index contributed by atoms with van der Waals surface area (Å²) in [4.78, 5) is 9.89. The summed E-state index contributed by atoms with van der Waals surface area (Å²) >= 11 is 0. The van der Waals surface area contributed by atoms with E-state index in [0.29, 0.717) is 12.1 Å². The van der Waals surface area contributed by atoms with Crippen LogP contribution in [0, 0.1) is 11.8 Å². The van der Waals surface area contributed by atoms with Crippen LogP contribution in [-0.4, -0.2) is 38.1 Å². The highest BCUT2D eigenvalue weighted by Crippen LogP contribution is 2.37. The van der Waals surface area contributed by atoms with E-state index in [9.17, 15) is 0 Å². The Balaban J connectivity index is 1.23. The molecule has 0 aromatic heterocycles. The summed E-state index contributed by atoms with van der Waals surface area (Å²) in [6, 6.07) is 21.3. The maximum Gasteiger partial charge on any atom is 0.216 e. The summed E-state index contributed by atoms with van der Waals surface area (Å²) < 4.78 is 11.2. The van der Waals surface area contributed by atoms with Crippen molar-refractivity contribution < 1.29 is 9.47 Å². The van der Waals surface area contributed by atoms with Gasteiger partial charge in [0.25, 0.3) is 0 Å². The van der Waals surface area contributed by atoms with E-state index >= 15 is 0 Å². The van der Waals surface area contributed by atoms with Crippen molar-refractivity contribution in [3.63, 3.8) is 0 Å². The molecule has 2 aliphatic carbocycles. The molecule has 0 atom stereocenters. The molecule has 2 aromatic carbocycles. The summed E-state index contributed by atoms with van der Waals surface area (Å²) in [5, 5.41) is 0. The fourth-order valence-electron chi connectivity index (χ4n) is 5.47. The van der Waals surface area contributed by atoms with Gasteiger partial charge < -0.3 is 9.47 Å². The molecule has 33 heavy (non-hydrogen) atoms. The maximum atomic E-state index is 5.59. The van der Waals surface area contributed by atoms with Crippen LogP contribution in [0.2, 0.25) is 0 Å². The largest absolute Gasteiger partial charge is 0.481 e. The van der Waals surface area contributed by atoms with Crippen molar-refractivity contribution in [2.75, 3.05) is 14.2 Å². The Morgan fingerprint density at radius 3 is 1.30 bits per heavy atom. The van der Waals surface area contributed by atoms with E-state index in [4.69, 9.17) is 19.5 Å².